The standard InChI is InChI=1S/C10H8N2O5.C6H4/c1-2-7-3-6(5-13)4-8(11-10(14)15)9(7)12(16)17;1-2-6-4-3-5(1)6/h1,3-4,11,13H,5H2,(H,14,15);1-4H. The Morgan fingerprint density at radius 1 is 1.26 bits per heavy atom. The summed E-state index contributed by atoms with van der Waals surface area (Å²) in [5.74, 6) is 2.08. The van der Waals surface area contributed by atoms with Crippen LogP contribution in [0.3, 0.4) is 0 Å². The summed E-state index contributed by atoms with van der Waals surface area (Å²) in [6.45, 7) is -0.402. The zero-order valence-electron chi connectivity index (χ0n) is 11.8. The van der Waals surface area contributed by atoms with E-state index in [1.165, 1.54) is 17.2 Å². The van der Waals surface area contributed by atoms with E-state index in [4.69, 9.17) is 16.6 Å². The van der Waals surface area contributed by atoms with Gasteiger partial charge >= 0.3 is 11.8 Å². The second-order valence-corrected chi connectivity index (χ2v) is 4.61. The van der Waals surface area contributed by atoms with Crippen molar-refractivity contribution in [2.45, 2.75) is 6.61 Å². The number of nitrogens with one attached hydrogen (secondary N) is 1. The first kappa shape index (κ1) is 16.0. The minimum Gasteiger partial charge on any atom is -0.465 e. The van der Waals surface area contributed by atoms with Crippen LogP contribution in [0.25, 0.3) is 11.1 Å². The number of terminal acetylenes is 1. The molecule has 0 atom stereocenters. The van der Waals surface area contributed by atoms with Crippen LogP contribution in [0.15, 0.2) is 36.4 Å². The normalized spacial score (nSPS) is 9.91. The van der Waals surface area contributed by atoms with E-state index in [1.54, 1.807) is 0 Å². The van der Waals surface area contributed by atoms with Crippen molar-refractivity contribution < 1.29 is 19.9 Å². The lowest BCUT2D eigenvalue weighted by molar-refractivity contribution is -0.384. The van der Waals surface area contributed by atoms with Crippen LogP contribution in [-0.2, 0) is 6.61 Å². The molecule has 0 aromatic heterocycles. The van der Waals surface area contributed by atoms with Crippen molar-refractivity contribution in [3.8, 4) is 23.5 Å². The van der Waals surface area contributed by atoms with E-state index < -0.39 is 23.3 Å². The molecule has 0 radical (unpaired) electrons. The van der Waals surface area contributed by atoms with Crippen LogP contribution in [0.2, 0.25) is 0 Å². The lowest BCUT2D eigenvalue weighted by Gasteiger charge is -2.10. The van der Waals surface area contributed by atoms with E-state index in [-0.39, 0.29) is 16.8 Å². The third-order valence-corrected chi connectivity index (χ3v) is 3.15. The van der Waals surface area contributed by atoms with Gasteiger partial charge in [-0.1, -0.05) is 30.2 Å². The molecule has 0 aliphatic heterocycles. The largest absolute Gasteiger partial charge is 0.465 e. The molecule has 0 bridgehead atoms. The fraction of sp³-hybridized carbons (Fsp3) is 0.0625. The molecule has 1 amide bonds. The molecular formula is C16H12N2O5. The molecule has 116 valence electrons. The van der Waals surface area contributed by atoms with Crippen molar-refractivity contribution in [3.63, 3.8) is 0 Å². The average molecular weight is 312 g/mol. The molecule has 7 nitrogen and oxygen atoms in total. The number of hydrogen-bond donors (Lipinski definition) is 3. The summed E-state index contributed by atoms with van der Waals surface area (Å²) in [4.78, 5) is 20.5. The van der Waals surface area contributed by atoms with Gasteiger partial charge in [0.25, 0.3) is 0 Å². The van der Waals surface area contributed by atoms with Crippen LogP contribution in [0.1, 0.15) is 11.1 Å². The van der Waals surface area contributed by atoms with Gasteiger partial charge < -0.3 is 10.2 Å². The SMILES string of the molecule is C#Cc1cc(CO)cc(NC(=O)O)c1[N+](=O)[O-].c1cc2ccc1-2. The van der Waals surface area contributed by atoms with Gasteiger partial charge in [0.1, 0.15) is 11.3 Å². The maximum atomic E-state index is 10.8. The summed E-state index contributed by atoms with van der Waals surface area (Å²) in [5.41, 5.74) is 2.27. The van der Waals surface area contributed by atoms with E-state index in [2.05, 4.69) is 30.2 Å². The molecule has 0 spiro atoms. The number of nitro benzene ring substituents is 1. The Balaban J connectivity index is 0.000000260. The molecule has 7 heteroatoms. The number of carbonyl (C=O) groups is 1. The Kier molecular flexibility index (Phi) is 4.59. The van der Waals surface area contributed by atoms with Crippen LogP contribution in [0.5, 0.6) is 0 Å². The fourth-order valence-corrected chi connectivity index (χ4v) is 1.97. The lowest BCUT2D eigenvalue weighted by atomic mass is 9.95. The van der Waals surface area contributed by atoms with E-state index in [0.29, 0.717) is 0 Å². The molecule has 0 heterocycles. The number of anilines is 1. The highest BCUT2D eigenvalue weighted by molar-refractivity contribution is 5.88. The summed E-state index contributed by atoms with van der Waals surface area (Å²) in [7, 11) is 0. The van der Waals surface area contributed by atoms with Crippen molar-refractivity contribution in [1.29, 1.82) is 0 Å². The summed E-state index contributed by atoms with van der Waals surface area (Å²) in [6.07, 6.45) is 3.65. The summed E-state index contributed by atoms with van der Waals surface area (Å²) >= 11 is 0. The molecule has 0 unspecified atom stereocenters. The van der Waals surface area contributed by atoms with Crippen molar-refractivity contribution >= 4 is 17.5 Å². The van der Waals surface area contributed by atoms with E-state index in [9.17, 15) is 14.9 Å². The Morgan fingerprint density at radius 2 is 1.83 bits per heavy atom. The number of fused-ring (bicyclic) bond motifs is 1. The van der Waals surface area contributed by atoms with Crippen molar-refractivity contribution in [2.75, 3.05) is 5.32 Å². The van der Waals surface area contributed by atoms with Crippen molar-refractivity contribution in [3.05, 3.63) is 57.6 Å². The number of amides is 1. The maximum absolute atomic E-state index is 10.8. The molecule has 1 aromatic carbocycles. The second-order valence-electron chi connectivity index (χ2n) is 4.61. The molecule has 2 aliphatic carbocycles. The first-order chi connectivity index (χ1) is 11.0. The highest BCUT2D eigenvalue weighted by atomic mass is 16.6. The predicted octanol–water partition coefficient (Wildman–Crippen LogP) is 2.83. The molecule has 0 saturated carbocycles. The smallest absolute Gasteiger partial charge is 0.409 e. The lowest BCUT2D eigenvalue weighted by Crippen LogP contribution is -2.10. The number of rotatable bonds is 3. The fourth-order valence-electron chi connectivity index (χ4n) is 1.97. The number of carboxylic acid groups (broad SMARTS) is 1. The van der Waals surface area contributed by atoms with Gasteiger partial charge in [-0.05, 0) is 28.8 Å². The third-order valence-electron chi connectivity index (χ3n) is 3.15. The minimum atomic E-state index is -1.45. The molecule has 1 aromatic rings. The Hall–Kier alpha value is -3.37. The molecule has 3 rings (SSSR count). The third kappa shape index (κ3) is 3.45. The summed E-state index contributed by atoms with van der Waals surface area (Å²) in [5, 5.41) is 30.2. The van der Waals surface area contributed by atoms with E-state index in [0.717, 1.165) is 6.07 Å². The molecule has 3 N–H and O–H groups in total. The number of hydrogen-bond acceptors (Lipinski definition) is 4. The van der Waals surface area contributed by atoms with Crippen molar-refractivity contribution in [2.24, 2.45) is 0 Å². The molecule has 2 aliphatic rings. The number of aliphatic hydroxyl groups excluding tert-OH is 1. The quantitative estimate of drug-likeness (QED) is 0.391. The summed E-state index contributed by atoms with van der Waals surface area (Å²) in [6, 6.07) is 10.9. The second kappa shape index (κ2) is 6.60. The molecule has 0 saturated heterocycles. The summed E-state index contributed by atoms with van der Waals surface area (Å²) < 4.78 is 0. The number of benzene rings is 2. The Labute approximate surface area is 131 Å². The average Bonchev–Trinajstić information content (AvgIpc) is 2.49. The monoisotopic (exact) mass is 312 g/mol. The van der Waals surface area contributed by atoms with E-state index in [1.807, 2.05) is 5.32 Å². The van der Waals surface area contributed by atoms with Gasteiger partial charge in [-0.25, -0.2) is 4.79 Å². The molecule has 0 fully saturated rings. The number of nitro groups is 1. The van der Waals surface area contributed by atoms with Gasteiger partial charge in [-0.3, -0.25) is 15.4 Å². The van der Waals surface area contributed by atoms with Crippen LogP contribution in [0.4, 0.5) is 16.2 Å². The van der Waals surface area contributed by atoms with Gasteiger partial charge in [0.15, 0.2) is 0 Å². The Bertz CT molecular complexity index is 785. The first-order valence-electron chi connectivity index (χ1n) is 6.45. The number of nitrogens with zero attached hydrogens (tertiary/aromatic N) is 1. The highest BCUT2D eigenvalue weighted by Gasteiger charge is 2.21. The van der Waals surface area contributed by atoms with Gasteiger partial charge in [0.2, 0.25) is 0 Å². The van der Waals surface area contributed by atoms with Gasteiger partial charge in [-0.15, -0.1) is 6.42 Å². The van der Waals surface area contributed by atoms with Crippen LogP contribution in [0, 0.1) is 22.5 Å². The van der Waals surface area contributed by atoms with E-state index >= 15 is 0 Å². The van der Waals surface area contributed by atoms with Crippen LogP contribution >= 0.6 is 0 Å². The minimum absolute atomic E-state index is 0.0923. The predicted molar refractivity (Wildman–Crippen MR) is 84.0 cm³/mol. The number of aliphatic hydroxyl groups is 1. The molecule has 23 heavy (non-hydrogen) atoms. The van der Waals surface area contributed by atoms with Gasteiger partial charge in [0, 0.05) is 0 Å². The highest BCUT2D eigenvalue weighted by Crippen LogP contribution is 2.30. The maximum Gasteiger partial charge on any atom is 0.409 e. The van der Waals surface area contributed by atoms with Crippen LogP contribution in [-0.4, -0.2) is 21.2 Å². The van der Waals surface area contributed by atoms with Crippen LogP contribution < -0.4 is 5.32 Å². The topological polar surface area (TPSA) is 113 Å². The van der Waals surface area contributed by atoms with Gasteiger partial charge in [-0.2, -0.15) is 0 Å². The van der Waals surface area contributed by atoms with Crippen molar-refractivity contribution in [1.82, 2.24) is 0 Å². The zero-order chi connectivity index (χ0) is 17.0. The first-order valence-corrected chi connectivity index (χ1v) is 6.45. The Morgan fingerprint density at radius 3 is 2.13 bits per heavy atom. The zero-order valence-corrected chi connectivity index (χ0v) is 11.8. The van der Waals surface area contributed by atoms with Gasteiger partial charge in [0.05, 0.1) is 11.5 Å². The molecular weight excluding hydrogens is 300 g/mol.